The molecule has 0 bridgehead atoms. The second-order valence-corrected chi connectivity index (χ2v) is 8.28. The number of aromatic nitrogens is 3. The van der Waals surface area contributed by atoms with Crippen molar-refractivity contribution in [3.05, 3.63) is 81.6 Å². The van der Waals surface area contributed by atoms with E-state index < -0.39 is 0 Å². The molecule has 2 aromatic carbocycles. The van der Waals surface area contributed by atoms with Gasteiger partial charge in [-0.1, -0.05) is 35.9 Å². The summed E-state index contributed by atoms with van der Waals surface area (Å²) in [6.07, 6.45) is 2.03. The largest absolute Gasteiger partial charge is 0.692 e. The van der Waals surface area contributed by atoms with Gasteiger partial charge in [-0.05, 0) is 36.8 Å². The van der Waals surface area contributed by atoms with Gasteiger partial charge in [-0.15, -0.1) is 4.68 Å². The van der Waals surface area contributed by atoms with Gasteiger partial charge in [-0.3, -0.25) is 4.90 Å². The van der Waals surface area contributed by atoms with Crippen LogP contribution in [-0.4, -0.2) is 53.5 Å². The fourth-order valence-corrected chi connectivity index (χ4v) is 4.12. The highest BCUT2D eigenvalue weighted by Gasteiger charge is 2.18. The first kappa shape index (κ1) is 22.2. The number of nitrogens with zero attached hydrogens (tertiary/aromatic N) is 5. The fourth-order valence-electron chi connectivity index (χ4n) is 3.94. The Morgan fingerprint density at radius 2 is 1.75 bits per heavy atom. The summed E-state index contributed by atoms with van der Waals surface area (Å²) >= 11 is 6.10. The molecule has 1 saturated heterocycles. The predicted octanol–water partition coefficient (Wildman–Crippen LogP) is 2.23. The highest BCUT2D eigenvalue weighted by Crippen LogP contribution is 2.20. The van der Waals surface area contributed by atoms with Crippen molar-refractivity contribution in [3.63, 3.8) is 0 Å². The monoisotopic (exact) mass is 457 g/mol. The third-order valence-electron chi connectivity index (χ3n) is 5.68. The number of para-hydroxylation sites is 1. The van der Waals surface area contributed by atoms with Crippen molar-refractivity contribution < 1.29 is 9.58 Å². The summed E-state index contributed by atoms with van der Waals surface area (Å²) in [6.45, 7) is 5.63. The standard InChI is InChI=1S/C23H28ClN5O3/c24-20-6-4-7-21(18-20)26-14-12-25(13-15-26)10-5-11-28-23(30)27(19-29(28)31)16-17-32-22-8-2-1-3-9-22/h1-4,6-9,18-19H,5,10-17H2. The fraction of sp³-hybridized carbons (Fsp3) is 0.391. The molecule has 0 unspecified atom stereocenters. The van der Waals surface area contributed by atoms with Crippen molar-refractivity contribution in [3.8, 4) is 5.75 Å². The zero-order chi connectivity index (χ0) is 22.3. The van der Waals surface area contributed by atoms with Crippen LogP contribution in [0.2, 0.25) is 5.02 Å². The Balaban J connectivity index is 1.22. The number of piperazine rings is 1. The molecule has 32 heavy (non-hydrogen) atoms. The summed E-state index contributed by atoms with van der Waals surface area (Å²) in [5.74, 6) is 0.741. The molecule has 9 heteroatoms. The van der Waals surface area contributed by atoms with E-state index >= 15 is 0 Å². The first-order valence-corrected chi connectivity index (χ1v) is 11.3. The molecule has 0 amide bonds. The molecule has 0 spiro atoms. The van der Waals surface area contributed by atoms with E-state index in [1.807, 2.05) is 48.5 Å². The lowest BCUT2D eigenvalue weighted by molar-refractivity contribution is -0.697. The summed E-state index contributed by atoms with van der Waals surface area (Å²) < 4.78 is 8.27. The Hall–Kier alpha value is -2.97. The van der Waals surface area contributed by atoms with E-state index in [0.29, 0.717) is 24.5 Å². The number of benzene rings is 2. The van der Waals surface area contributed by atoms with E-state index in [4.69, 9.17) is 16.3 Å². The summed E-state index contributed by atoms with van der Waals surface area (Å²) in [5, 5.41) is 12.9. The van der Waals surface area contributed by atoms with Crippen LogP contribution < -0.4 is 20.2 Å². The molecule has 1 aliphatic heterocycles. The van der Waals surface area contributed by atoms with Crippen LogP contribution in [-0.2, 0) is 13.1 Å². The van der Waals surface area contributed by atoms with E-state index in [1.54, 1.807) is 0 Å². The number of hydrogen-bond acceptors (Lipinski definition) is 5. The highest BCUT2D eigenvalue weighted by molar-refractivity contribution is 6.30. The van der Waals surface area contributed by atoms with Crippen LogP contribution in [0.1, 0.15) is 6.42 Å². The van der Waals surface area contributed by atoms with Crippen LogP contribution in [0.4, 0.5) is 5.69 Å². The average molecular weight is 458 g/mol. The van der Waals surface area contributed by atoms with Gasteiger partial charge < -0.3 is 14.8 Å². The van der Waals surface area contributed by atoms with Gasteiger partial charge in [0.2, 0.25) is 0 Å². The van der Waals surface area contributed by atoms with Gasteiger partial charge in [0.25, 0.3) is 6.33 Å². The number of rotatable bonds is 9. The molecule has 0 radical (unpaired) electrons. The Kier molecular flexibility index (Phi) is 7.34. The molecule has 1 fully saturated rings. The van der Waals surface area contributed by atoms with Crippen LogP contribution in [0.25, 0.3) is 0 Å². The quantitative estimate of drug-likeness (QED) is 0.364. The van der Waals surface area contributed by atoms with Gasteiger partial charge in [0.1, 0.15) is 18.9 Å². The molecular formula is C23H28ClN5O3. The molecule has 4 rings (SSSR count). The van der Waals surface area contributed by atoms with Crippen molar-refractivity contribution in [2.75, 3.05) is 44.2 Å². The summed E-state index contributed by atoms with van der Waals surface area (Å²) in [7, 11) is 0. The number of halogens is 1. The van der Waals surface area contributed by atoms with Crippen molar-refractivity contribution in [1.29, 1.82) is 0 Å². The molecular weight excluding hydrogens is 430 g/mol. The normalized spacial score (nSPS) is 14.6. The minimum absolute atomic E-state index is 0.303. The van der Waals surface area contributed by atoms with E-state index in [1.165, 1.54) is 15.6 Å². The lowest BCUT2D eigenvalue weighted by Gasteiger charge is -2.36. The van der Waals surface area contributed by atoms with Crippen LogP contribution in [0, 0.1) is 5.21 Å². The SMILES string of the molecule is O=c1n(CCOc2ccccc2)c[n+]([O-])n1CCCN1CCN(c2cccc(Cl)c2)CC1. The third-order valence-corrected chi connectivity index (χ3v) is 5.91. The van der Waals surface area contributed by atoms with Crippen LogP contribution in [0.5, 0.6) is 5.75 Å². The molecule has 2 heterocycles. The lowest BCUT2D eigenvalue weighted by atomic mass is 10.2. The summed E-state index contributed by atoms with van der Waals surface area (Å²) in [5.41, 5.74) is 0.844. The number of ether oxygens (including phenoxy) is 1. The second kappa shape index (κ2) is 10.6. The van der Waals surface area contributed by atoms with Crippen LogP contribution >= 0.6 is 11.6 Å². The minimum atomic E-state index is -0.303. The van der Waals surface area contributed by atoms with Gasteiger partial charge in [0, 0.05) is 43.4 Å². The van der Waals surface area contributed by atoms with Crippen molar-refractivity contribution in [2.24, 2.45) is 0 Å². The van der Waals surface area contributed by atoms with E-state index in [0.717, 1.165) is 55.6 Å². The van der Waals surface area contributed by atoms with Crippen LogP contribution in [0.3, 0.4) is 0 Å². The molecule has 0 saturated carbocycles. The molecule has 8 nitrogen and oxygen atoms in total. The molecule has 170 valence electrons. The summed E-state index contributed by atoms with van der Waals surface area (Å²) in [6, 6.07) is 17.3. The highest BCUT2D eigenvalue weighted by atomic mass is 35.5. The van der Waals surface area contributed by atoms with Gasteiger partial charge in [0.15, 0.2) is 0 Å². The topological polar surface area (TPSA) is 69.6 Å². The average Bonchev–Trinajstić information content (AvgIpc) is 3.08. The smallest absolute Gasteiger partial charge is 0.446 e. The Morgan fingerprint density at radius 1 is 0.969 bits per heavy atom. The number of anilines is 1. The van der Waals surface area contributed by atoms with Gasteiger partial charge in [-0.25, -0.2) is 4.79 Å². The number of hydrogen-bond donors (Lipinski definition) is 0. The van der Waals surface area contributed by atoms with E-state index in [2.05, 4.69) is 15.9 Å². The molecule has 0 N–H and O–H groups in total. The zero-order valence-corrected chi connectivity index (χ0v) is 18.7. The van der Waals surface area contributed by atoms with Crippen LogP contribution in [0.15, 0.2) is 65.7 Å². The lowest BCUT2D eigenvalue weighted by Crippen LogP contribution is -2.47. The third kappa shape index (κ3) is 5.63. The van der Waals surface area contributed by atoms with E-state index in [9.17, 15) is 10.0 Å². The van der Waals surface area contributed by atoms with Gasteiger partial charge in [0.05, 0.1) is 6.54 Å². The molecule has 1 aliphatic rings. The van der Waals surface area contributed by atoms with Crippen molar-refractivity contribution in [1.82, 2.24) is 14.1 Å². The molecule has 0 atom stereocenters. The van der Waals surface area contributed by atoms with Gasteiger partial charge in [-0.2, -0.15) is 9.41 Å². The molecule has 1 aromatic heterocycles. The molecule has 3 aromatic rings. The minimum Gasteiger partial charge on any atom is -0.692 e. The Morgan fingerprint density at radius 3 is 2.50 bits per heavy atom. The Labute approximate surface area is 192 Å². The maximum Gasteiger partial charge on any atom is 0.446 e. The van der Waals surface area contributed by atoms with Gasteiger partial charge >= 0.3 is 5.69 Å². The predicted molar refractivity (Wildman–Crippen MR) is 124 cm³/mol. The van der Waals surface area contributed by atoms with Crippen molar-refractivity contribution in [2.45, 2.75) is 19.5 Å². The second-order valence-electron chi connectivity index (χ2n) is 7.84. The summed E-state index contributed by atoms with van der Waals surface area (Å²) in [4.78, 5) is 17.9. The maximum absolute atomic E-state index is 12.6. The first-order valence-electron chi connectivity index (χ1n) is 10.9. The first-order chi connectivity index (χ1) is 15.6. The molecule has 0 aliphatic carbocycles. The Bertz CT molecular complexity index is 1060. The maximum atomic E-state index is 12.6. The van der Waals surface area contributed by atoms with E-state index in [-0.39, 0.29) is 5.69 Å². The zero-order valence-electron chi connectivity index (χ0n) is 18.0. The van der Waals surface area contributed by atoms with Crippen molar-refractivity contribution >= 4 is 17.3 Å².